The number of aliphatic hydroxyl groups excluding tert-OH is 2. The first-order valence-corrected chi connectivity index (χ1v) is 54.7. The molecule has 3 amide bonds. The van der Waals surface area contributed by atoms with Gasteiger partial charge in [0.25, 0.3) is 23.0 Å². The number of methoxy groups -OCH3 is 1. The fourth-order valence-electron chi connectivity index (χ4n) is 22.3. The number of piperidine rings is 8. The van der Waals surface area contributed by atoms with Crippen LogP contribution in [0.1, 0.15) is 308 Å². The van der Waals surface area contributed by atoms with Crippen LogP contribution in [0.3, 0.4) is 0 Å². The lowest BCUT2D eigenvalue weighted by atomic mass is 9.82. The van der Waals surface area contributed by atoms with E-state index in [1.54, 1.807) is 0 Å². The van der Waals surface area contributed by atoms with Gasteiger partial charge in [-0.05, 0) is 397 Å². The number of rotatable bonds is 18. The molecule has 1 aromatic heterocycles. The number of hydrogen-bond acceptors (Lipinski definition) is 15. The third kappa shape index (κ3) is 32.1. The van der Waals surface area contributed by atoms with Crippen molar-refractivity contribution < 1.29 is 43.7 Å². The molecule has 0 saturated carbocycles. The van der Waals surface area contributed by atoms with Gasteiger partial charge in [-0.1, -0.05) is 227 Å². The van der Waals surface area contributed by atoms with Crippen LogP contribution in [0, 0.1) is 79.1 Å². The third-order valence-electron chi connectivity index (χ3n) is 31.8. The number of aryl methyl sites for hydroxylation is 8. The highest BCUT2D eigenvalue weighted by atomic mass is 79.9. The number of carbonyl (C=O) groups excluding carboxylic acids is 6. The Hall–Kier alpha value is -7.78. The first-order chi connectivity index (χ1) is 67.4. The molecule has 8 saturated heterocycles. The first-order valence-electron chi connectivity index (χ1n) is 51.1. The van der Waals surface area contributed by atoms with E-state index in [9.17, 15) is 33.9 Å². The number of carbonyl (C=O) groups is 6. The van der Waals surface area contributed by atoms with Gasteiger partial charge in [0, 0.05) is 151 Å². The van der Waals surface area contributed by atoms with Gasteiger partial charge in [0.2, 0.25) is 0 Å². The first kappa shape index (κ1) is 121. The molecule has 17 rings (SSSR count). The average molecular weight is 2250 g/mol. The number of halogens is 5. The number of hydrogen-bond donors (Lipinski definition) is 3. The van der Waals surface area contributed by atoms with E-state index in [-0.39, 0.29) is 85.6 Å². The van der Waals surface area contributed by atoms with E-state index in [1.807, 2.05) is 242 Å². The van der Waals surface area contributed by atoms with E-state index in [1.165, 1.54) is 18.4 Å². The average Bonchev–Trinajstić information content (AvgIpc) is 0.789. The smallest absolute Gasteiger partial charge is 0.254 e. The third-order valence-corrected chi connectivity index (χ3v) is 34.1. The Labute approximate surface area is 902 Å². The summed E-state index contributed by atoms with van der Waals surface area (Å²) in [5.74, 6) is 2.85. The Balaban J connectivity index is 0.000000219. The summed E-state index contributed by atoms with van der Waals surface area (Å²) < 4.78 is 10.1. The maximum Gasteiger partial charge on any atom is 0.254 e. The topological polar surface area (TPSA) is 200 Å². The quantitative estimate of drug-likeness (QED) is 0.0541. The number of amides is 3. The van der Waals surface area contributed by atoms with Gasteiger partial charge in [0.05, 0.1) is 12.2 Å². The molecule has 2 atom stereocenters. The minimum atomic E-state index is -0.394. The number of nitrogens with zero attached hydrogens (tertiary/aromatic N) is 8. The van der Waals surface area contributed by atoms with Crippen LogP contribution in [0.5, 0.6) is 0 Å². The van der Waals surface area contributed by atoms with Crippen molar-refractivity contribution in [2.24, 2.45) is 23.7 Å². The summed E-state index contributed by atoms with van der Waals surface area (Å²) in [6, 6.07) is 62.0. The Kier molecular flexibility index (Phi) is 48.3. The van der Waals surface area contributed by atoms with E-state index in [0.717, 1.165) is 303 Å². The van der Waals surface area contributed by atoms with Crippen LogP contribution in [-0.2, 0) is 4.74 Å². The van der Waals surface area contributed by atoms with Gasteiger partial charge in [-0.25, -0.2) is 0 Å². The predicted molar refractivity (Wildman–Crippen MR) is 609 cm³/mol. The lowest BCUT2D eigenvalue weighted by Crippen LogP contribution is -2.56. The number of ether oxygens (including phenoxy) is 1. The molecular formula is C121H166Br4ClN9O9. The molecule has 8 fully saturated rings. The number of aliphatic hydroxyl groups is 2. The second-order valence-electron chi connectivity index (χ2n) is 41.5. The Bertz CT molecular complexity index is 5450. The fraction of sp³-hybridized carbons (Fsp3) is 0.512. The zero-order valence-corrected chi connectivity index (χ0v) is 93.5. The van der Waals surface area contributed by atoms with Crippen LogP contribution in [0.4, 0.5) is 0 Å². The molecule has 0 radical (unpaired) electrons. The lowest BCUT2D eigenvalue weighted by Gasteiger charge is -2.50. The summed E-state index contributed by atoms with van der Waals surface area (Å²) in [6.07, 6.45) is 18.2. The zero-order chi connectivity index (χ0) is 102. The van der Waals surface area contributed by atoms with Crippen LogP contribution >= 0.6 is 75.3 Å². The molecule has 8 aliphatic rings. The molecule has 18 nitrogen and oxygen atoms in total. The van der Waals surface area contributed by atoms with Gasteiger partial charge in [0.15, 0.2) is 11.6 Å². The van der Waals surface area contributed by atoms with E-state index < -0.39 is 6.10 Å². The van der Waals surface area contributed by atoms with Crippen molar-refractivity contribution in [1.82, 2.24) is 44.6 Å². The molecule has 144 heavy (non-hydrogen) atoms. The van der Waals surface area contributed by atoms with E-state index >= 15 is 0 Å². The number of aromatic nitrogens is 1. The molecule has 8 aliphatic heterocycles. The van der Waals surface area contributed by atoms with Gasteiger partial charge in [0.1, 0.15) is 0 Å². The van der Waals surface area contributed by atoms with Crippen molar-refractivity contribution in [3.05, 3.63) is 307 Å². The maximum atomic E-state index is 13.2. The predicted octanol–water partition coefficient (Wildman–Crippen LogP) is 27.2. The van der Waals surface area contributed by atoms with Crippen molar-refractivity contribution in [3.63, 3.8) is 0 Å². The molecule has 0 aliphatic carbocycles. The van der Waals surface area contributed by atoms with Gasteiger partial charge in [-0.2, -0.15) is 0 Å². The number of nitrogens with one attached hydrogen (secondary N) is 1. The van der Waals surface area contributed by atoms with Crippen LogP contribution < -0.4 is 5.32 Å². The monoisotopic (exact) mass is 2240 g/mol. The van der Waals surface area contributed by atoms with Crippen molar-refractivity contribution >= 4 is 110 Å². The molecule has 9 aromatic rings. The summed E-state index contributed by atoms with van der Waals surface area (Å²) in [5.41, 5.74) is 17.4. The summed E-state index contributed by atoms with van der Waals surface area (Å²) in [6.45, 7) is 45.1. The summed E-state index contributed by atoms with van der Waals surface area (Å²) in [5, 5.41) is 20.9. The van der Waals surface area contributed by atoms with Gasteiger partial charge < -0.3 is 35.0 Å². The molecule has 0 bridgehead atoms. The SMILES string of the molecule is C.C.C.CC(C)c1ccccn1.CC1(N2CCC(C(=O)c3ccc(Br)cc3)CC2)CCNCC1.CO.COC(c1ccc(Br)cc1)C1CCN(C2(C)CCN(C(=O)c3c(C)cccc3C)CC2)CC1.Cc1cccc(C)c1C(=O)Cl.Cc1cccc(C)c1C(=O)N1CCC(C)(N2CCC(C(=O)c3ccc(Br)cc3)CC2)CC1.Cc1cccc(C)c1C(=O)N1CCC(C)(N2CCC(C(O)c3ccc(Br)cc3)CC2)CC1. The molecule has 23 heteroatoms. The highest BCUT2D eigenvalue weighted by Crippen LogP contribution is 2.43. The van der Waals surface area contributed by atoms with Gasteiger partial charge in [-0.3, -0.25) is 53.4 Å². The van der Waals surface area contributed by atoms with Crippen LogP contribution in [0.15, 0.2) is 212 Å². The minimum absolute atomic E-state index is 0. The standard InChI is InChI=1S/C28H37BrN2O2.C27H35BrN2O2.C27H33BrN2O2.C18H25BrN2O.C9H9ClO.C8H11N.CH4O.3CH4/c1-20-6-5-7-21(2)25(20)27(32)30-18-14-28(3,15-19-30)31-16-12-23(13-17-31)26(33-4)22-8-10-24(29)11-9-22;2*1-19-5-4-6-20(2)24(19)26(32)29-17-13-27(3,14-18-29)30-15-11-22(12-16-30)25(31)21-7-9-23(28)10-8-21;1-18(8-10-20-11-9-18)21-12-6-15(7-13-21)17(22)14-2-4-16(19)5-3-14;1-6-4-3-5-7(2)8(6)9(10)11;1-7(2)8-5-3-4-6-9-8;1-2;;;/h5-11,23,26H,12-19H2,1-4H3;4-10,22,25,31H,11-18H2,1-3H3;4-10,22H,11-18H2,1-3H3;2-5,15,20H,6-13H2,1H3;3-5H,1-2H3;3-7H,1-2H3;2H,1H3;3*1H4. The number of Topliss-reactive ketones (excluding diaryl/α,β-unsaturated/α-hetero) is 2. The van der Waals surface area contributed by atoms with Crippen molar-refractivity contribution in [3.8, 4) is 0 Å². The van der Waals surface area contributed by atoms with Crippen molar-refractivity contribution in [2.45, 2.75) is 262 Å². The second-order valence-corrected chi connectivity index (χ2v) is 45.5. The van der Waals surface area contributed by atoms with Gasteiger partial charge in [-0.15, -0.1) is 0 Å². The molecule has 2 unspecified atom stereocenters. The second kappa shape index (κ2) is 57.3. The van der Waals surface area contributed by atoms with Crippen LogP contribution in [-0.4, -0.2) is 225 Å². The fourth-order valence-corrected chi connectivity index (χ4v) is 23.7. The van der Waals surface area contributed by atoms with Crippen LogP contribution in [0.25, 0.3) is 0 Å². The molecule has 0 spiro atoms. The van der Waals surface area contributed by atoms with Crippen molar-refractivity contribution in [2.75, 3.05) is 119 Å². The molecular weight excluding hydrogens is 2080 g/mol. The van der Waals surface area contributed by atoms with E-state index in [2.05, 4.69) is 164 Å². The largest absolute Gasteiger partial charge is 0.400 e. The maximum absolute atomic E-state index is 13.2. The van der Waals surface area contributed by atoms with Crippen molar-refractivity contribution in [1.29, 1.82) is 0 Å². The number of pyridine rings is 1. The number of benzene rings is 8. The molecule has 8 aromatic carbocycles. The highest BCUT2D eigenvalue weighted by molar-refractivity contribution is 9.11. The summed E-state index contributed by atoms with van der Waals surface area (Å²) in [4.78, 5) is 96.8. The Morgan fingerprint density at radius 3 is 0.903 bits per heavy atom. The Morgan fingerprint density at radius 2 is 0.639 bits per heavy atom. The number of ketones is 2. The highest BCUT2D eigenvalue weighted by Gasteiger charge is 2.45. The summed E-state index contributed by atoms with van der Waals surface area (Å²) >= 11 is 19.2. The van der Waals surface area contributed by atoms with Crippen LogP contribution in [0.2, 0.25) is 0 Å². The van der Waals surface area contributed by atoms with E-state index in [4.69, 9.17) is 21.4 Å². The van der Waals surface area contributed by atoms with Gasteiger partial charge >= 0.3 is 0 Å². The Morgan fingerprint density at radius 1 is 0.368 bits per heavy atom. The summed E-state index contributed by atoms with van der Waals surface area (Å²) in [7, 11) is 2.84. The molecule has 784 valence electrons. The van der Waals surface area contributed by atoms with E-state index in [0.29, 0.717) is 34.6 Å². The number of likely N-dealkylation sites (tertiary alicyclic amines) is 7. The zero-order valence-electron chi connectivity index (χ0n) is 86.4. The molecule has 3 N–H and O–H groups in total. The minimum Gasteiger partial charge on any atom is -0.400 e. The lowest BCUT2D eigenvalue weighted by molar-refractivity contribution is -0.0222. The normalized spacial score (nSPS) is 18.7. The molecule has 9 heterocycles.